The van der Waals surface area contributed by atoms with Gasteiger partial charge in [-0.15, -0.1) is 0 Å². The first-order valence-corrected chi connectivity index (χ1v) is 8.24. The van der Waals surface area contributed by atoms with Gasteiger partial charge in [-0.05, 0) is 39.9 Å². The second-order valence-corrected chi connectivity index (χ2v) is 6.82. The van der Waals surface area contributed by atoms with Crippen LogP contribution < -0.4 is 5.32 Å². The number of rotatable bonds is 7. The van der Waals surface area contributed by atoms with Gasteiger partial charge in [0.2, 0.25) is 5.91 Å². The topological polar surface area (TPSA) is 44.8 Å². The van der Waals surface area contributed by atoms with Crippen LogP contribution in [0.3, 0.4) is 0 Å². The smallest absolute Gasteiger partial charge is 0.224 e. The van der Waals surface area contributed by atoms with Crippen molar-refractivity contribution in [2.24, 2.45) is 5.92 Å². The van der Waals surface area contributed by atoms with Gasteiger partial charge in [-0.2, -0.15) is 0 Å². The van der Waals surface area contributed by atoms with E-state index in [1.807, 2.05) is 0 Å². The highest BCUT2D eigenvalue weighted by molar-refractivity contribution is 5.79. The van der Waals surface area contributed by atoms with Crippen molar-refractivity contribution in [3.63, 3.8) is 0 Å². The summed E-state index contributed by atoms with van der Waals surface area (Å²) < 4.78 is 5.11. The Morgan fingerprint density at radius 1 is 1.38 bits per heavy atom. The van der Waals surface area contributed by atoms with E-state index < -0.39 is 0 Å². The average molecular weight is 297 g/mol. The summed E-state index contributed by atoms with van der Waals surface area (Å²) in [6.07, 6.45) is 5.94. The molecule has 1 saturated heterocycles. The van der Waals surface area contributed by atoms with E-state index in [0.717, 1.165) is 39.2 Å². The monoisotopic (exact) mass is 297 g/mol. The third kappa shape index (κ3) is 4.18. The number of methoxy groups -OCH3 is 1. The molecule has 1 amide bonds. The Morgan fingerprint density at radius 2 is 2.10 bits per heavy atom. The number of ether oxygens (including phenoxy) is 1. The molecule has 2 rings (SSSR count). The fraction of sp³-hybridized carbons (Fsp3) is 0.938. The molecule has 5 heteroatoms. The fourth-order valence-electron chi connectivity index (χ4n) is 3.68. The summed E-state index contributed by atoms with van der Waals surface area (Å²) in [5.41, 5.74) is 0.185. The predicted molar refractivity (Wildman–Crippen MR) is 84.3 cm³/mol. The highest BCUT2D eigenvalue weighted by Gasteiger charge is 2.37. The minimum Gasteiger partial charge on any atom is -0.383 e. The maximum atomic E-state index is 12.4. The SMILES string of the molecule is COCCN1CC[C@H](C(=O)NCC2(N(C)C)CCCC2)C1. The minimum atomic E-state index is 0.155. The normalized spacial score (nSPS) is 25.6. The molecule has 0 aromatic heterocycles. The number of likely N-dealkylation sites (tertiary alicyclic amines) is 1. The summed E-state index contributed by atoms with van der Waals surface area (Å²) in [5, 5.41) is 3.23. The quantitative estimate of drug-likeness (QED) is 0.760. The van der Waals surface area contributed by atoms with E-state index in [1.165, 1.54) is 25.7 Å². The van der Waals surface area contributed by atoms with E-state index in [1.54, 1.807) is 7.11 Å². The highest BCUT2D eigenvalue weighted by Crippen LogP contribution is 2.33. The van der Waals surface area contributed by atoms with Gasteiger partial charge in [0.05, 0.1) is 12.5 Å². The second-order valence-electron chi connectivity index (χ2n) is 6.82. The molecule has 1 N–H and O–H groups in total. The Balaban J connectivity index is 1.77. The molecule has 122 valence electrons. The largest absolute Gasteiger partial charge is 0.383 e. The van der Waals surface area contributed by atoms with Gasteiger partial charge in [0, 0.05) is 32.3 Å². The molecule has 1 saturated carbocycles. The predicted octanol–water partition coefficient (Wildman–Crippen LogP) is 0.945. The second kappa shape index (κ2) is 7.56. The van der Waals surface area contributed by atoms with Crippen LogP contribution in [0.15, 0.2) is 0 Å². The van der Waals surface area contributed by atoms with Crippen LogP contribution in [0.4, 0.5) is 0 Å². The number of carbonyl (C=O) groups excluding carboxylic acids is 1. The molecular formula is C16H31N3O2. The lowest BCUT2D eigenvalue weighted by Crippen LogP contribution is -2.51. The third-order valence-corrected chi connectivity index (χ3v) is 5.33. The Bertz CT molecular complexity index is 340. The summed E-state index contributed by atoms with van der Waals surface area (Å²) in [7, 11) is 6.00. The third-order valence-electron chi connectivity index (χ3n) is 5.33. The molecule has 1 heterocycles. The molecule has 0 radical (unpaired) electrons. The molecule has 21 heavy (non-hydrogen) atoms. The van der Waals surface area contributed by atoms with Crippen molar-refractivity contribution in [2.75, 3.05) is 54.0 Å². The standard InChI is InChI=1S/C16H31N3O2/c1-18(2)16(7-4-5-8-16)13-17-15(20)14-6-9-19(12-14)10-11-21-3/h14H,4-13H2,1-3H3,(H,17,20)/t14-/m0/s1. The number of carbonyl (C=O) groups is 1. The Kier molecular flexibility index (Phi) is 6.02. The van der Waals surface area contributed by atoms with E-state index >= 15 is 0 Å². The number of nitrogens with one attached hydrogen (secondary N) is 1. The molecule has 2 aliphatic rings. The van der Waals surface area contributed by atoms with Gasteiger partial charge in [-0.25, -0.2) is 0 Å². The van der Waals surface area contributed by atoms with Gasteiger partial charge in [0.15, 0.2) is 0 Å². The zero-order valence-electron chi connectivity index (χ0n) is 13.9. The highest BCUT2D eigenvalue weighted by atomic mass is 16.5. The van der Waals surface area contributed by atoms with Crippen LogP contribution in [-0.4, -0.2) is 75.2 Å². The van der Waals surface area contributed by atoms with Crippen molar-refractivity contribution in [2.45, 2.75) is 37.6 Å². The Hall–Kier alpha value is -0.650. The van der Waals surface area contributed by atoms with Crippen LogP contribution in [0, 0.1) is 5.92 Å². The molecule has 2 fully saturated rings. The minimum absolute atomic E-state index is 0.155. The van der Waals surface area contributed by atoms with Crippen LogP contribution in [0.2, 0.25) is 0 Å². The Labute approximate surface area is 129 Å². The van der Waals surface area contributed by atoms with Gasteiger partial charge in [0.25, 0.3) is 0 Å². The molecule has 1 atom stereocenters. The molecular weight excluding hydrogens is 266 g/mol. The van der Waals surface area contributed by atoms with Crippen molar-refractivity contribution in [1.29, 1.82) is 0 Å². The number of amides is 1. The van der Waals surface area contributed by atoms with Gasteiger partial charge in [-0.1, -0.05) is 12.8 Å². The summed E-state index contributed by atoms with van der Waals surface area (Å²) >= 11 is 0. The maximum Gasteiger partial charge on any atom is 0.224 e. The van der Waals surface area contributed by atoms with Crippen LogP contribution in [0.5, 0.6) is 0 Å². The first-order chi connectivity index (χ1) is 10.1. The van der Waals surface area contributed by atoms with Crippen molar-refractivity contribution < 1.29 is 9.53 Å². The molecule has 0 aromatic carbocycles. The van der Waals surface area contributed by atoms with Gasteiger partial charge >= 0.3 is 0 Å². The van der Waals surface area contributed by atoms with Crippen molar-refractivity contribution in [3.05, 3.63) is 0 Å². The lowest BCUT2D eigenvalue weighted by atomic mass is 9.95. The van der Waals surface area contributed by atoms with E-state index in [9.17, 15) is 4.79 Å². The fourth-order valence-corrected chi connectivity index (χ4v) is 3.68. The van der Waals surface area contributed by atoms with E-state index in [-0.39, 0.29) is 17.4 Å². The van der Waals surface area contributed by atoms with E-state index in [2.05, 4.69) is 29.2 Å². The Morgan fingerprint density at radius 3 is 2.71 bits per heavy atom. The van der Waals surface area contributed by atoms with Crippen LogP contribution in [-0.2, 0) is 9.53 Å². The summed E-state index contributed by atoms with van der Waals surface area (Å²) in [5.74, 6) is 0.394. The molecule has 1 aliphatic heterocycles. The van der Waals surface area contributed by atoms with Crippen LogP contribution in [0.25, 0.3) is 0 Å². The lowest BCUT2D eigenvalue weighted by molar-refractivity contribution is -0.125. The summed E-state index contributed by atoms with van der Waals surface area (Å²) in [6, 6.07) is 0. The first kappa shape index (κ1) is 16.7. The van der Waals surface area contributed by atoms with Gasteiger partial charge in [-0.3, -0.25) is 4.79 Å². The van der Waals surface area contributed by atoms with Crippen molar-refractivity contribution in [3.8, 4) is 0 Å². The molecule has 1 aliphatic carbocycles. The van der Waals surface area contributed by atoms with Gasteiger partial charge < -0.3 is 19.9 Å². The number of hydrogen-bond acceptors (Lipinski definition) is 4. The number of hydrogen-bond donors (Lipinski definition) is 1. The number of likely N-dealkylation sites (N-methyl/N-ethyl adjacent to an activating group) is 1. The zero-order valence-corrected chi connectivity index (χ0v) is 13.9. The molecule has 0 unspecified atom stereocenters. The molecule has 5 nitrogen and oxygen atoms in total. The average Bonchev–Trinajstić information content (AvgIpc) is 3.12. The van der Waals surface area contributed by atoms with E-state index in [4.69, 9.17) is 4.74 Å². The molecule has 0 aromatic rings. The van der Waals surface area contributed by atoms with Crippen molar-refractivity contribution >= 4 is 5.91 Å². The zero-order chi connectivity index (χ0) is 15.3. The maximum absolute atomic E-state index is 12.4. The number of nitrogens with zero attached hydrogens (tertiary/aromatic N) is 2. The molecule has 0 spiro atoms. The summed E-state index contributed by atoms with van der Waals surface area (Å²) in [6.45, 7) is 4.37. The first-order valence-electron chi connectivity index (χ1n) is 8.24. The van der Waals surface area contributed by atoms with Crippen molar-refractivity contribution in [1.82, 2.24) is 15.1 Å². The van der Waals surface area contributed by atoms with Crippen LogP contribution >= 0.6 is 0 Å². The lowest BCUT2D eigenvalue weighted by Gasteiger charge is -2.36. The molecule has 0 bridgehead atoms. The van der Waals surface area contributed by atoms with E-state index in [0.29, 0.717) is 0 Å². The summed E-state index contributed by atoms with van der Waals surface area (Å²) in [4.78, 5) is 17.0. The van der Waals surface area contributed by atoms with Gasteiger partial charge in [0.1, 0.15) is 0 Å². The van der Waals surface area contributed by atoms with Crippen LogP contribution in [0.1, 0.15) is 32.1 Å².